The first kappa shape index (κ1) is 59.3. The number of amides is 1. The SMILES string of the molecule is CCCCC/C=C/C=C/C=C/C=C/CCCCCC(CC(=O)NC(CO)C(O)CCCCCCCCCCCCCCCC)OC(=O)CC/C=C/C/C=C\CCCCCCCC. The van der Waals surface area contributed by atoms with Gasteiger partial charge >= 0.3 is 5.97 Å². The molecule has 0 fully saturated rings. The number of allylic oxidation sites excluding steroid dienone is 12. The molecular formula is C56H99NO5. The highest BCUT2D eigenvalue weighted by Crippen LogP contribution is 2.17. The maximum atomic E-state index is 13.2. The lowest BCUT2D eigenvalue weighted by molar-refractivity contribution is -0.150. The van der Waals surface area contributed by atoms with Crippen LogP contribution < -0.4 is 5.32 Å². The average molecular weight is 866 g/mol. The smallest absolute Gasteiger partial charge is 0.306 e. The predicted octanol–water partition coefficient (Wildman–Crippen LogP) is 15.8. The Bertz CT molecular complexity index is 1150. The van der Waals surface area contributed by atoms with Crippen LogP contribution in [0.2, 0.25) is 0 Å². The second kappa shape index (κ2) is 49.3. The van der Waals surface area contributed by atoms with E-state index in [-0.39, 0.29) is 31.3 Å². The molecule has 0 rings (SSSR count). The molecule has 0 saturated heterocycles. The third-order valence-corrected chi connectivity index (χ3v) is 11.6. The first-order valence-corrected chi connectivity index (χ1v) is 26.2. The maximum absolute atomic E-state index is 13.2. The van der Waals surface area contributed by atoms with Crippen LogP contribution >= 0.6 is 0 Å². The van der Waals surface area contributed by atoms with Crippen molar-refractivity contribution in [3.8, 4) is 0 Å². The van der Waals surface area contributed by atoms with Gasteiger partial charge in [-0.1, -0.05) is 235 Å². The van der Waals surface area contributed by atoms with Gasteiger partial charge in [-0.25, -0.2) is 0 Å². The first-order valence-electron chi connectivity index (χ1n) is 26.2. The van der Waals surface area contributed by atoms with Gasteiger partial charge in [0, 0.05) is 6.42 Å². The van der Waals surface area contributed by atoms with E-state index in [2.05, 4.69) is 86.8 Å². The van der Waals surface area contributed by atoms with E-state index < -0.39 is 18.2 Å². The van der Waals surface area contributed by atoms with Gasteiger partial charge in [-0.15, -0.1) is 0 Å². The number of ether oxygens (including phenoxy) is 1. The highest BCUT2D eigenvalue weighted by molar-refractivity contribution is 5.77. The fraction of sp³-hybridized carbons (Fsp3) is 0.750. The molecule has 62 heavy (non-hydrogen) atoms. The summed E-state index contributed by atoms with van der Waals surface area (Å²) in [5, 5.41) is 23.8. The molecule has 0 aliphatic heterocycles. The molecule has 0 spiro atoms. The van der Waals surface area contributed by atoms with Gasteiger partial charge in [0.2, 0.25) is 5.91 Å². The van der Waals surface area contributed by atoms with E-state index in [1.54, 1.807) is 0 Å². The maximum Gasteiger partial charge on any atom is 0.306 e. The third kappa shape index (κ3) is 43.9. The molecular weight excluding hydrogens is 767 g/mol. The normalized spacial score (nSPS) is 13.8. The Morgan fingerprint density at radius 1 is 0.484 bits per heavy atom. The molecule has 0 aromatic heterocycles. The minimum atomic E-state index is -0.810. The molecule has 3 N–H and O–H groups in total. The largest absolute Gasteiger partial charge is 0.462 e. The Hall–Kier alpha value is -2.70. The van der Waals surface area contributed by atoms with Crippen molar-refractivity contribution in [2.45, 2.75) is 264 Å². The molecule has 6 heteroatoms. The van der Waals surface area contributed by atoms with Crippen molar-refractivity contribution in [2.75, 3.05) is 6.61 Å². The summed E-state index contributed by atoms with van der Waals surface area (Å²) in [7, 11) is 0. The Labute approximate surface area is 383 Å². The van der Waals surface area contributed by atoms with E-state index in [1.807, 2.05) is 12.2 Å². The van der Waals surface area contributed by atoms with Crippen molar-refractivity contribution in [1.29, 1.82) is 0 Å². The van der Waals surface area contributed by atoms with Crippen LogP contribution in [0.4, 0.5) is 0 Å². The number of nitrogens with one attached hydrogen (secondary N) is 1. The monoisotopic (exact) mass is 866 g/mol. The second-order valence-electron chi connectivity index (χ2n) is 17.7. The van der Waals surface area contributed by atoms with Crippen LogP contribution in [0.1, 0.15) is 245 Å². The molecule has 0 aromatic carbocycles. The van der Waals surface area contributed by atoms with Gasteiger partial charge in [-0.3, -0.25) is 9.59 Å². The lowest BCUT2D eigenvalue weighted by Gasteiger charge is -2.24. The lowest BCUT2D eigenvalue weighted by Crippen LogP contribution is -2.46. The number of aliphatic hydroxyl groups is 2. The van der Waals surface area contributed by atoms with Crippen LogP contribution in [-0.4, -0.2) is 46.9 Å². The number of hydrogen-bond donors (Lipinski definition) is 3. The molecule has 6 nitrogen and oxygen atoms in total. The van der Waals surface area contributed by atoms with Crippen molar-refractivity contribution in [3.63, 3.8) is 0 Å². The summed E-state index contributed by atoms with van der Waals surface area (Å²) in [6, 6.07) is -0.728. The summed E-state index contributed by atoms with van der Waals surface area (Å²) < 4.78 is 5.88. The van der Waals surface area contributed by atoms with Crippen molar-refractivity contribution in [3.05, 3.63) is 72.9 Å². The van der Waals surface area contributed by atoms with Gasteiger partial charge in [-0.05, 0) is 70.6 Å². The molecule has 0 aromatic rings. The summed E-state index contributed by atoms with van der Waals surface area (Å²) in [6.45, 7) is 6.41. The average Bonchev–Trinajstić information content (AvgIpc) is 3.26. The van der Waals surface area contributed by atoms with Crippen LogP contribution in [0.25, 0.3) is 0 Å². The van der Waals surface area contributed by atoms with E-state index in [0.717, 1.165) is 64.2 Å². The minimum absolute atomic E-state index is 0.0270. The Balaban J connectivity index is 4.74. The summed E-state index contributed by atoms with van der Waals surface area (Å²) >= 11 is 0. The van der Waals surface area contributed by atoms with Gasteiger partial charge in [0.05, 0.1) is 25.2 Å². The van der Waals surface area contributed by atoms with Gasteiger partial charge in [0.15, 0.2) is 0 Å². The van der Waals surface area contributed by atoms with Gasteiger partial charge in [0.1, 0.15) is 6.10 Å². The number of hydrogen-bond acceptors (Lipinski definition) is 5. The molecule has 1 amide bonds. The molecule has 358 valence electrons. The number of esters is 1. The summed E-state index contributed by atoms with van der Waals surface area (Å²) in [4.78, 5) is 26.1. The molecule has 0 bridgehead atoms. The van der Waals surface area contributed by atoms with E-state index in [4.69, 9.17) is 4.74 Å². The lowest BCUT2D eigenvalue weighted by atomic mass is 10.0. The Kier molecular flexibility index (Phi) is 47.2. The summed E-state index contributed by atoms with van der Waals surface area (Å²) in [5.74, 6) is -0.594. The minimum Gasteiger partial charge on any atom is -0.462 e. The number of carbonyl (C=O) groups excluding carboxylic acids is 2. The van der Waals surface area contributed by atoms with Gasteiger partial charge in [-0.2, -0.15) is 0 Å². The van der Waals surface area contributed by atoms with E-state index >= 15 is 0 Å². The molecule has 0 aliphatic carbocycles. The zero-order chi connectivity index (χ0) is 45.2. The molecule has 0 radical (unpaired) electrons. The molecule has 0 heterocycles. The quantitative estimate of drug-likeness (QED) is 0.0245. The Morgan fingerprint density at radius 2 is 0.887 bits per heavy atom. The molecule has 3 atom stereocenters. The third-order valence-electron chi connectivity index (χ3n) is 11.6. The van der Waals surface area contributed by atoms with Crippen molar-refractivity contribution < 1.29 is 24.5 Å². The summed E-state index contributed by atoms with van der Waals surface area (Å²) in [6.07, 6.45) is 62.5. The number of unbranched alkanes of at least 4 members (excludes halogenated alkanes) is 25. The fourth-order valence-corrected chi connectivity index (χ4v) is 7.61. The standard InChI is InChI=1S/C56H99NO5/c1-4-7-10-13-16-19-22-25-27-28-30-32-35-38-41-44-47-52(62-56(61)49-46-43-40-37-34-29-24-21-18-15-12-9-6-3)50-55(60)57-53(51-58)54(59)48-45-42-39-36-33-31-26-23-20-17-14-11-8-5-2/h16,19,22,25,27-30,32,34,40,43,52-54,58-59H,4-15,17-18,20-21,23-24,26,31,33,35-39,41-42,44-51H2,1-3H3,(H,57,60)/b19-16+,25-22+,28-27+,32-30+,34-29-,43-40+. The number of aliphatic hydroxyl groups excluding tert-OH is 2. The zero-order valence-corrected chi connectivity index (χ0v) is 40.7. The van der Waals surface area contributed by atoms with E-state index in [1.165, 1.54) is 128 Å². The topological polar surface area (TPSA) is 95.9 Å². The van der Waals surface area contributed by atoms with Crippen molar-refractivity contribution in [2.24, 2.45) is 0 Å². The Morgan fingerprint density at radius 3 is 1.42 bits per heavy atom. The van der Waals surface area contributed by atoms with Crippen LogP contribution in [-0.2, 0) is 14.3 Å². The first-order chi connectivity index (χ1) is 30.5. The summed E-state index contributed by atoms with van der Waals surface area (Å²) in [5.41, 5.74) is 0. The van der Waals surface area contributed by atoms with Crippen LogP contribution in [0, 0.1) is 0 Å². The van der Waals surface area contributed by atoms with Gasteiger partial charge in [0.25, 0.3) is 0 Å². The molecule has 0 aliphatic rings. The molecule has 3 unspecified atom stereocenters. The number of carbonyl (C=O) groups is 2. The fourth-order valence-electron chi connectivity index (χ4n) is 7.61. The highest BCUT2D eigenvalue weighted by atomic mass is 16.5. The van der Waals surface area contributed by atoms with E-state index in [0.29, 0.717) is 19.3 Å². The highest BCUT2D eigenvalue weighted by Gasteiger charge is 2.24. The van der Waals surface area contributed by atoms with Crippen molar-refractivity contribution >= 4 is 11.9 Å². The van der Waals surface area contributed by atoms with Crippen LogP contribution in [0.5, 0.6) is 0 Å². The van der Waals surface area contributed by atoms with Crippen molar-refractivity contribution in [1.82, 2.24) is 5.32 Å². The van der Waals surface area contributed by atoms with Crippen LogP contribution in [0.15, 0.2) is 72.9 Å². The van der Waals surface area contributed by atoms with Crippen LogP contribution in [0.3, 0.4) is 0 Å². The zero-order valence-electron chi connectivity index (χ0n) is 40.7. The van der Waals surface area contributed by atoms with E-state index in [9.17, 15) is 19.8 Å². The molecule has 0 saturated carbocycles. The predicted molar refractivity (Wildman–Crippen MR) is 268 cm³/mol. The number of rotatable bonds is 46. The second-order valence-corrected chi connectivity index (χ2v) is 17.7. The van der Waals surface area contributed by atoms with Gasteiger partial charge < -0.3 is 20.3 Å².